The summed E-state index contributed by atoms with van der Waals surface area (Å²) in [6.07, 6.45) is 3.65. The first-order chi connectivity index (χ1) is 27.5. The standard InChI is InChI=1S/C36H46F3N3O5S.C5H3F3OS/c1-2-9-28-25(10-6-20-42(28)32(44)30-27(12-5-19-40-30)36(38,39)24-37)31(43)41-21-17-35(47,18-22-41)26-11-3-4-13-29(26)48-23-8-16-34(33(45)46)14-7-15-34;6-5(7,8)4-1-3(9)2-10-4/h3-5,11-13,19,25,28,47H,2,6-10,14-18,20-24H2,1H3,(H,45,46);1-2,9H. The largest absolute Gasteiger partial charge is 0.507 e. The van der Waals surface area contributed by atoms with Crippen molar-refractivity contribution in [2.75, 3.05) is 32.1 Å². The molecule has 0 bridgehead atoms. The highest BCUT2D eigenvalue weighted by molar-refractivity contribution is 7.99. The van der Waals surface area contributed by atoms with E-state index in [1.807, 2.05) is 31.2 Å². The molecule has 2 amide bonds. The van der Waals surface area contributed by atoms with Crippen LogP contribution in [0.15, 0.2) is 58.9 Å². The smallest absolute Gasteiger partial charge is 0.425 e. The molecule has 1 aromatic carbocycles. The first-order valence-corrected chi connectivity index (χ1v) is 21.3. The van der Waals surface area contributed by atoms with Crippen LogP contribution in [0.5, 0.6) is 5.75 Å². The highest BCUT2D eigenvalue weighted by atomic mass is 32.2. The predicted molar refractivity (Wildman–Crippen MR) is 208 cm³/mol. The monoisotopic (exact) mass is 857 g/mol. The number of aromatic hydroxyl groups is 1. The minimum Gasteiger partial charge on any atom is -0.507 e. The summed E-state index contributed by atoms with van der Waals surface area (Å²) in [6.45, 7) is 0.931. The van der Waals surface area contributed by atoms with Crippen molar-refractivity contribution in [3.05, 3.63) is 75.7 Å². The Morgan fingerprint density at radius 1 is 1.00 bits per heavy atom. The Morgan fingerprint density at radius 2 is 1.71 bits per heavy atom. The number of carboxylic acid groups (broad SMARTS) is 1. The number of thiophene rings is 1. The molecule has 3 fully saturated rings. The lowest BCUT2D eigenvalue weighted by atomic mass is 9.66. The zero-order chi connectivity index (χ0) is 42.3. The zero-order valence-electron chi connectivity index (χ0n) is 32.2. The number of aromatic nitrogens is 1. The van der Waals surface area contributed by atoms with E-state index in [0.717, 1.165) is 53.3 Å². The third kappa shape index (κ3) is 10.3. The van der Waals surface area contributed by atoms with Crippen molar-refractivity contribution >= 4 is 40.9 Å². The molecule has 3 N–H and O–H groups in total. The fourth-order valence-corrected chi connectivity index (χ4v) is 9.88. The maximum absolute atomic E-state index is 14.5. The topological polar surface area (TPSA) is 131 Å². The van der Waals surface area contributed by atoms with Crippen molar-refractivity contribution in [1.29, 1.82) is 0 Å². The van der Waals surface area contributed by atoms with Gasteiger partial charge >= 0.3 is 18.1 Å². The molecule has 0 spiro atoms. The summed E-state index contributed by atoms with van der Waals surface area (Å²) < 4.78 is 77.3. The number of hydrogen-bond donors (Lipinski definition) is 3. The van der Waals surface area contributed by atoms with E-state index in [1.54, 1.807) is 16.7 Å². The number of amides is 2. The number of pyridine rings is 1. The summed E-state index contributed by atoms with van der Waals surface area (Å²) in [4.78, 5) is 46.8. The van der Waals surface area contributed by atoms with Gasteiger partial charge in [0.1, 0.15) is 16.3 Å². The lowest BCUT2D eigenvalue weighted by Crippen LogP contribution is -2.55. The quantitative estimate of drug-likeness (QED) is 0.0882. The van der Waals surface area contributed by atoms with Crippen molar-refractivity contribution < 1.29 is 56.0 Å². The van der Waals surface area contributed by atoms with Crippen molar-refractivity contribution in [3.63, 3.8) is 0 Å². The number of carboxylic acids is 1. The van der Waals surface area contributed by atoms with Crippen molar-refractivity contribution in [2.24, 2.45) is 11.3 Å². The number of alkyl halides is 6. The van der Waals surface area contributed by atoms with E-state index in [2.05, 4.69) is 4.98 Å². The zero-order valence-corrected chi connectivity index (χ0v) is 33.8. The number of piperidine rings is 2. The highest BCUT2D eigenvalue weighted by Crippen LogP contribution is 2.46. The second kappa shape index (κ2) is 19.0. The summed E-state index contributed by atoms with van der Waals surface area (Å²) in [7, 11) is 0. The molecule has 3 aromatic rings. The number of hydrogen-bond acceptors (Lipinski definition) is 8. The number of halogens is 6. The summed E-state index contributed by atoms with van der Waals surface area (Å²) in [5.41, 5.74) is -2.14. The Balaban J connectivity index is 0.000000559. The van der Waals surface area contributed by atoms with Gasteiger partial charge in [0.25, 0.3) is 5.91 Å². The van der Waals surface area contributed by atoms with Gasteiger partial charge in [-0.2, -0.15) is 22.0 Å². The van der Waals surface area contributed by atoms with Crippen LogP contribution in [0.2, 0.25) is 0 Å². The Hall–Kier alpha value is -3.83. The SMILES string of the molecule is CCCC1C(C(=O)N2CCC(O)(c3ccccc3SCCCC3(C(=O)O)CCC3)CC2)CCCN1C(=O)c1ncccc1C(F)(F)CF.Oc1csc(C(F)(F)F)c1. The van der Waals surface area contributed by atoms with Crippen LogP contribution in [0.4, 0.5) is 26.3 Å². The molecule has 0 radical (unpaired) electrons. The molecular weight excluding hydrogens is 809 g/mol. The van der Waals surface area contributed by atoms with Crippen molar-refractivity contribution in [3.8, 4) is 5.75 Å². The molecule has 2 atom stereocenters. The molecule has 3 aliphatic rings. The van der Waals surface area contributed by atoms with Gasteiger partial charge in [0.15, 0.2) is 6.67 Å². The molecule has 4 heterocycles. The van der Waals surface area contributed by atoms with E-state index in [-0.39, 0.29) is 18.2 Å². The molecule has 1 saturated carbocycles. The predicted octanol–water partition coefficient (Wildman–Crippen LogP) is 9.27. The molecule has 9 nitrogen and oxygen atoms in total. The van der Waals surface area contributed by atoms with Crippen LogP contribution in [-0.2, 0) is 27.3 Å². The Labute approximate surface area is 341 Å². The number of aliphatic carboxylic acids is 1. The van der Waals surface area contributed by atoms with Gasteiger partial charge in [0, 0.05) is 48.2 Å². The van der Waals surface area contributed by atoms with Crippen LogP contribution in [-0.4, -0.2) is 86.0 Å². The summed E-state index contributed by atoms with van der Waals surface area (Å²) in [5, 5.41) is 31.1. The molecule has 318 valence electrons. The van der Waals surface area contributed by atoms with Gasteiger partial charge in [0.2, 0.25) is 5.91 Å². The number of likely N-dealkylation sites (tertiary alicyclic amines) is 2. The van der Waals surface area contributed by atoms with Gasteiger partial charge in [0.05, 0.1) is 22.5 Å². The fraction of sp³-hybridized carbons (Fsp3) is 0.561. The average molecular weight is 858 g/mol. The molecule has 2 aliphatic heterocycles. The van der Waals surface area contributed by atoms with Gasteiger partial charge in [-0.1, -0.05) is 38.0 Å². The Morgan fingerprint density at radius 3 is 2.28 bits per heavy atom. The van der Waals surface area contributed by atoms with E-state index >= 15 is 0 Å². The Kier molecular flexibility index (Phi) is 14.9. The molecule has 58 heavy (non-hydrogen) atoms. The average Bonchev–Trinajstić information content (AvgIpc) is 3.64. The highest BCUT2D eigenvalue weighted by Gasteiger charge is 2.46. The van der Waals surface area contributed by atoms with E-state index < -0.39 is 69.8 Å². The van der Waals surface area contributed by atoms with E-state index in [0.29, 0.717) is 75.4 Å². The number of carbonyl (C=O) groups is 3. The molecular formula is C41H49F6N3O6S2. The van der Waals surface area contributed by atoms with Crippen LogP contribution < -0.4 is 0 Å². The van der Waals surface area contributed by atoms with Gasteiger partial charge in [-0.3, -0.25) is 19.4 Å². The van der Waals surface area contributed by atoms with Crippen LogP contribution in [0, 0.1) is 11.3 Å². The number of aliphatic hydroxyl groups is 1. The van der Waals surface area contributed by atoms with Crippen LogP contribution in [0.1, 0.15) is 104 Å². The molecule has 6 rings (SSSR count). The van der Waals surface area contributed by atoms with Crippen molar-refractivity contribution in [1.82, 2.24) is 14.8 Å². The molecule has 2 aromatic heterocycles. The molecule has 2 saturated heterocycles. The first-order valence-electron chi connectivity index (χ1n) is 19.5. The van der Waals surface area contributed by atoms with Crippen molar-refractivity contribution in [2.45, 2.75) is 106 Å². The molecule has 2 unspecified atom stereocenters. The minimum absolute atomic E-state index is 0.116. The minimum atomic E-state index is -4.33. The maximum atomic E-state index is 14.5. The van der Waals surface area contributed by atoms with E-state index in [4.69, 9.17) is 5.11 Å². The number of carbonyl (C=O) groups excluding carboxylic acids is 2. The second-order valence-electron chi connectivity index (χ2n) is 15.3. The molecule has 1 aliphatic carbocycles. The van der Waals surface area contributed by atoms with Gasteiger partial charge in [-0.15, -0.1) is 23.1 Å². The van der Waals surface area contributed by atoms with Crippen LogP contribution in [0.3, 0.4) is 0 Å². The Bertz CT molecular complexity index is 1880. The second-order valence-corrected chi connectivity index (χ2v) is 17.3. The number of nitrogens with zero attached hydrogens (tertiary/aromatic N) is 3. The van der Waals surface area contributed by atoms with Gasteiger partial charge in [-0.05, 0) is 87.3 Å². The number of benzene rings is 1. The van der Waals surface area contributed by atoms with Gasteiger partial charge in [-0.25, -0.2) is 4.39 Å². The third-order valence-electron chi connectivity index (χ3n) is 11.5. The van der Waals surface area contributed by atoms with Crippen LogP contribution in [0.25, 0.3) is 0 Å². The third-order valence-corrected chi connectivity index (χ3v) is 13.6. The lowest BCUT2D eigenvalue weighted by molar-refractivity contribution is -0.155. The normalized spacial score (nSPS) is 20.4. The molecule has 17 heteroatoms. The fourth-order valence-electron chi connectivity index (χ4n) is 8.15. The van der Waals surface area contributed by atoms with Gasteiger partial charge < -0.3 is 25.1 Å². The van der Waals surface area contributed by atoms with E-state index in [1.165, 1.54) is 17.2 Å². The van der Waals surface area contributed by atoms with E-state index in [9.17, 15) is 50.9 Å². The maximum Gasteiger partial charge on any atom is 0.425 e. The number of rotatable bonds is 13. The lowest BCUT2D eigenvalue weighted by Gasteiger charge is -2.45. The van der Waals surface area contributed by atoms with Crippen LogP contribution >= 0.6 is 23.1 Å². The summed E-state index contributed by atoms with van der Waals surface area (Å²) in [5.74, 6) is -5.52. The summed E-state index contributed by atoms with van der Waals surface area (Å²) in [6, 6.07) is 10.2. The summed E-state index contributed by atoms with van der Waals surface area (Å²) >= 11 is 2.10. The first kappa shape index (κ1) is 45.3. The number of thioether (sulfide) groups is 1.